The van der Waals surface area contributed by atoms with Crippen LogP contribution in [0.3, 0.4) is 0 Å². The van der Waals surface area contributed by atoms with Crippen LogP contribution in [0.4, 0.5) is 5.69 Å². The van der Waals surface area contributed by atoms with Crippen molar-refractivity contribution in [1.82, 2.24) is 5.32 Å². The maximum absolute atomic E-state index is 11.4. The van der Waals surface area contributed by atoms with E-state index in [1.165, 1.54) is 25.2 Å². The van der Waals surface area contributed by atoms with Crippen molar-refractivity contribution < 1.29 is 18.3 Å². The molecule has 0 aromatic heterocycles. The first-order valence-corrected chi connectivity index (χ1v) is 6.25. The highest BCUT2D eigenvalue weighted by Crippen LogP contribution is 2.21. The van der Waals surface area contributed by atoms with Crippen molar-refractivity contribution in [1.29, 1.82) is 0 Å². The SMILES string of the molecule is CNC(=O)c1cc(O)ccc1NS(C)(=O)=O. The lowest BCUT2D eigenvalue weighted by Gasteiger charge is -2.09. The van der Waals surface area contributed by atoms with Gasteiger partial charge in [0.2, 0.25) is 10.0 Å². The lowest BCUT2D eigenvalue weighted by atomic mass is 10.1. The molecule has 0 aliphatic heterocycles. The van der Waals surface area contributed by atoms with Gasteiger partial charge in [-0.3, -0.25) is 9.52 Å². The van der Waals surface area contributed by atoms with Gasteiger partial charge in [0, 0.05) is 7.05 Å². The Bertz CT molecular complexity index is 510. The van der Waals surface area contributed by atoms with E-state index >= 15 is 0 Å². The van der Waals surface area contributed by atoms with E-state index < -0.39 is 15.9 Å². The Morgan fingerprint density at radius 1 is 1.38 bits per heavy atom. The van der Waals surface area contributed by atoms with Gasteiger partial charge in [0.1, 0.15) is 5.75 Å². The Balaban J connectivity index is 3.23. The number of benzene rings is 1. The number of hydrogen-bond acceptors (Lipinski definition) is 4. The van der Waals surface area contributed by atoms with Crippen LogP contribution in [-0.4, -0.2) is 32.7 Å². The molecule has 0 radical (unpaired) electrons. The summed E-state index contributed by atoms with van der Waals surface area (Å²) < 4.78 is 24.3. The molecule has 0 bridgehead atoms. The molecule has 1 aromatic carbocycles. The minimum Gasteiger partial charge on any atom is -0.508 e. The quantitative estimate of drug-likeness (QED) is 0.658. The Morgan fingerprint density at radius 3 is 2.50 bits per heavy atom. The van der Waals surface area contributed by atoms with Crippen LogP contribution in [0.1, 0.15) is 10.4 Å². The van der Waals surface area contributed by atoms with E-state index in [9.17, 15) is 18.3 Å². The number of hydrogen-bond donors (Lipinski definition) is 3. The Hall–Kier alpha value is -1.76. The number of phenols is 1. The second-order valence-electron chi connectivity index (χ2n) is 3.18. The number of amides is 1. The van der Waals surface area contributed by atoms with Crippen LogP contribution in [0, 0.1) is 0 Å². The predicted molar refractivity (Wildman–Crippen MR) is 60.0 cm³/mol. The number of rotatable bonds is 3. The van der Waals surface area contributed by atoms with Crippen molar-refractivity contribution in [2.45, 2.75) is 0 Å². The Kier molecular flexibility index (Phi) is 3.38. The van der Waals surface area contributed by atoms with Gasteiger partial charge in [-0.1, -0.05) is 0 Å². The molecule has 0 heterocycles. The second-order valence-corrected chi connectivity index (χ2v) is 4.93. The van der Waals surface area contributed by atoms with Crippen LogP contribution in [0.5, 0.6) is 5.75 Å². The average molecular weight is 244 g/mol. The molecule has 88 valence electrons. The third-order valence-electron chi connectivity index (χ3n) is 1.77. The largest absolute Gasteiger partial charge is 0.508 e. The summed E-state index contributed by atoms with van der Waals surface area (Å²) in [5.74, 6) is -0.597. The third-order valence-corrected chi connectivity index (χ3v) is 2.36. The van der Waals surface area contributed by atoms with E-state index in [0.29, 0.717) is 0 Å². The summed E-state index contributed by atoms with van der Waals surface area (Å²) in [4.78, 5) is 11.4. The van der Waals surface area contributed by atoms with Crippen molar-refractivity contribution >= 4 is 21.6 Å². The lowest BCUT2D eigenvalue weighted by Crippen LogP contribution is -2.21. The summed E-state index contributed by atoms with van der Waals surface area (Å²) in [5, 5.41) is 11.6. The molecule has 16 heavy (non-hydrogen) atoms. The highest BCUT2D eigenvalue weighted by Gasteiger charge is 2.13. The Labute approximate surface area is 93.3 Å². The molecule has 7 heteroatoms. The molecule has 0 atom stereocenters. The number of sulfonamides is 1. The van der Waals surface area contributed by atoms with Crippen LogP contribution in [-0.2, 0) is 10.0 Å². The zero-order valence-electron chi connectivity index (χ0n) is 8.81. The molecule has 0 saturated heterocycles. The van der Waals surface area contributed by atoms with Gasteiger partial charge in [-0.15, -0.1) is 0 Å². The second kappa shape index (κ2) is 4.40. The standard InChI is InChI=1S/C9H12N2O4S/c1-10-9(13)7-5-6(12)3-4-8(7)11-16(2,14)15/h3-5,11-12H,1-2H3,(H,10,13). The lowest BCUT2D eigenvalue weighted by molar-refractivity contribution is 0.0963. The van der Waals surface area contributed by atoms with Crippen LogP contribution >= 0.6 is 0 Å². The van der Waals surface area contributed by atoms with Gasteiger partial charge >= 0.3 is 0 Å². The molecule has 0 aliphatic rings. The van der Waals surface area contributed by atoms with Crippen LogP contribution in [0.25, 0.3) is 0 Å². The highest BCUT2D eigenvalue weighted by atomic mass is 32.2. The van der Waals surface area contributed by atoms with Gasteiger partial charge < -0.3 is 10.4 Å². The van der Waals surface area contributed by atoms with Crippen LogP contribution in [0.2, 0.25) is 0 Å². The summed E-state index contributed by atoms with van der Waals surface area (Å²) in [5.41, 5.74) is 0.188. The van der Waals surface area contributed by atoms with Crippen LogP contribution < -0.4 is 10.0 Å². The van der Waals surface area contributed by atoms with E-state index in [1.54, 1.807) is 0 Å². The van der Waals surface area contributed by atoms with E-state index in [1.807, 2.05) is 0 Å². The monoisotopic (exact) mass is 244 g/mol. The van der Waals surface area contributed by atoms with Crippen molar-refractivity contribution in [2.75, 3.05) is 18.0 Å². The summed E-state index contributed by atoms with van der Waals surface area (Å²) in [6.07, 6.45) is 0.980. The van der Waals surface area contributed by atoms with Crippen LogP contribution in [0.15, 0.2) is 18.2 Å². The van der Waals surface area contributed by atoms with E-state index in [0.717, 1.165) is 6.26 Å². The summed E-state index contributed by atoms with van der Waals surface area (Å²) in [6.45, 7) is 0. The first kappa shape index (κ1) is 12.3. The van der Waals surface area contributed by atoms with Crippen molar-refractivity contribution in [3.63, 3.8) is 0 Å². The predicted octanol–water partition coefficient (Wildman–Crippen LogP) is 0.123. The first-order chi connectivity index (χ1) is 7.33. The summed E-state index contributed by atoms with van der Waals surface area (Å²) >= 11 is 0. The molecule has 0 fully saturated rings. The number of nitrogens with one attached hydrogen (secondary N) is 2. The third kappa shape index (κ3) is 3.13. The molecule has 6 nitrogen and oxygen atoms in total. The van der Waals surface area contributed by atoms with E-state index in [-0.39, 0.29) is 17.0 Å². The van der Waals surface area contributed by atoms with Crippen molar-refractivity contribution in [2.24, 2.45) is 0 Å². The molecule has 0 saturated carbocycles. The smallest absolute Gasteiger partial charge is 0.253 e. The van der Waals surface area contributed by atoms with Crippen molar-refractivity contribution in [3.8, 4) is 5.75 Å². The van der Waals surface area contributed by atoms with Gasteiger partial charge in [0.15, 0.2) is 0 Å². The molecular formula is C9H12N2O4S. The van der Waals surface area contributed by atoms with E-state index in [2.05, 4.69) is 10.0 Å². The minimum absolute atomic E-state index is 0.0629. The molecule has 0 unspecified atom stereocenters. The normalized spacial score (nSPS) is 10.9. The minimum atomic E-state index is -3.47. The van der Waals surface area contributed by atoms with Gasteiger partial charge in [-0.05, 0) is 18.2 Å². The summed E-state index contributed by atoms with van der Waals surface area (Å²) in [7, 11) is -2.05. The van der Waals surface area contributed by atoms with Gasteiger partial charge in [-0.2, -0.15) is 0 Å². The molecular weight excluding hydrogens is 232 g/mol. The maximum Gasteiger partial charge on any atom is 0.253 e. The fraction of sp³-hybridized carbons (Fsp3) is 0.222. The fourth-order valence-electron chi connectivity index (χ4n) is 1.14. The molecule has 1 amide bonds. The van der Waals surface area contributed by atoms with Crippen molar-refractivity contribution in [3.05, 3.63) is 23.8 Å². The number of phenolic OH excluding ortho intramolecular Hbond substituents is 1. The first-order valence-electron chi connectivity index (χ1n) is 4.36. The van der Waals surface area contributed by atoms with Gasteiger partial charge in [0.05, 0.1) is 17.5 Å². The molecule has 1 rings (SSSR count). The number of carbonyl (C=O) groups is 1. The highest BCUT2D eigenvalue weighted by molar-refractivity contribution is 7.92. The average Bonchev–Trinajstić information content (AvgIpc) is 2.17. The molecule has 1 aromatic rings. The molecule has 0 aliphatic carbocycles. The number of aromatic hydroxyl groups is 1. The maximum atomic E-state index is 11.4. The number of anilines is 1. The molecule has 3 N–H and O–H groups in total. The molecule has 0 spiro atoms. The Morgan fingerprint density at radius 2 is 2.00 bits per heavy atom. The fourth-order valence-corrected chi connectivity index (χ4v) is 1.72. The van der Waals surface area contributed by atoms with E-state index in [4.69, 9.17) is 0 Å². The zero-order chi connectivity index (χ0) is 12.3. The number of carbonyl (C=O) groups excluding carboxylic acids is 1. The van der Waals surface area contributed by atoms with Gasteiger partial charge in [0.25, 0.3) is 5.91 Å². The summed E-state index contributed by atoms with van der Waals surface area (Å²) in [6, 6.07) is 3.80. The van der Waals surface area contributed by atoms with Gasteiger partial charge in [-0.25, -0.2) is 8.42 Å². The zero-order valence-corrected chi connectivity index (χ0v) is 9.63. The topological polar surface area (TPSA) is 95.5 Å².